The Morgan fingerprint density at radius 3 is 2.06 bits per heavy atom. The van der Waals surface area contributed by atoms with Gasteiger partial charge in [-0.05, 0) is 56.4 Å². The molecule has 92 valence electrons. The summed E-state index contributed by atoms with van der Waals surface area (Å²) >= 11 is 0. The first kappa shape index (κ1) is 11.3. The van der Waals surface area contributed by atoms with Gasteiger partial charge in [0.25, 0.3) is 0 Å². The van der Waals surface area contributed by atoms with E-state index in [1.807, 2.05) is 0 Å². The quantitative estimate of drug-likeness (QED) is 0.760. The van der Waals surface area contributed by atoms with Crippen molar-refractivity contribution >= 4 is 0 Å². The number of fused-ring (bicyclic) bond motifs is 3. The van der Waals surface area contributed by atoms with Crippen molar-refractivity contribution in [3.8, 4) is 0 Å². The second-order valence-electron chi connectivity index (χ2n) is 5.76. The van der Waals surface area contributed by atoms with Gasteiger partial charge in [-0.15, -0.1) is 0 Å². The number of hydrogen-bond acceptors (Lipinski definition) is 1. The van der Waals surface area contributed by atoms with E-state index in [0.717, 1.165) is 6.61 Å². The summed E-state index contributed by atoms with van der Waals surface area (Å²) in [5.41, 5.74) is 2.27. The van der Waals surface area contributed by atoms with Crippen LogP contribution in [0.15, 0.2) is 30.3 Å². The highest BCUT2D eigenvalue weighted by Gasteiger charge is 2.49. The van der Waals surface area contributed by atoms with Gasteiger partial charge in [0.15, 0.2) is 0 Å². The third kappa shape index (κ3) is 1.81. The maximum absolute atomic E-state index is 6.04. The molecule has 0 aliphatic heterocycles. The molecule has 0 aromatic heterocycles. The van der Waals surface area contributed by atoms with Crippen molar-refractivity contribution in [1.82, 2.24) is 0 Å². The molecule has 0 atom stereocenters. The first-order valence-electron chi connectivity index (χ1n) is 6.98. The van der Waals surface area contributed by atoms with Gasteiger partial charge in [-0.1, -0.05) is 30.3 Å². The van der Waals surface area contributed by atoms with Gasteiger partial charge in [-0.3, -0.25) is 0 Å². The number of ether oxygens (including phenoxy) is 1. The first-order valence-corrected chi connectivity index (χ1v) is 6.98. The second kappa shape index (κ2) is 4.13. The molecule has 0 saturated heterocycles. The third-order valence-corrected chi connectivity index (χ3v) is 5.01. The highest BCUT2D eigenvalue weighted by molar-refractivity contribution is 5.28. The molecular weight excluding hydrogens is 208 g/mol. The predicted molar refractivity (Wildman–Crippen MR) is 70.2 cm³/mol. The lowest BCUT2D eigenvalue weighted by Gasteiger charge is -2.53. The van der Waals surface area contributed by atoms with Crippen LogP contribution in [0, 0.1) is 0 Å². The molecule has 1 aromatic carbocycles. The molecule has 17 heavy (non-hydrogen) atoms. The molecule has 0 amide bonds. The fourth-order valence-corrected chi connectivity index (χ4v) is 3.90. The Kier molecular flexibility index (Phi) is 2.74. The summed E-state index contributed by atoms with van der Waals surface area (Å²) in [6.07, 6.45) is 7.73. The molecule has 2 bridgehead atoms. The average Bonchev–Trinajstić information content (AvgIpc) is 2.42. The zero-order valence-corrected chi connectivity index (χ0v) is 10.7. The Morgan fingerprint density at radius 1 is 0.941 bits per heavy atom. The number of rotatable bonds is 3. The van der Waals surface area contributed by atoms with E-state index in [0.29, 0.717) is 5.41 Å². The molecule has 0 unspecified atom stereocenters. The molecule has 3 saturated carbocycles. The topological polar surface area (TPSA) is 9.23 Å². The lowest BCUT2D eigenvalue weighted by atomic mass is 9.56. The van der Waals surface area contributed by atoms with Gasteiger partial charge in [-0.25, -0.2) is 0 Å². The number of hydrogen-bond donors (Lipinski definition) is 0. The Labute approximate surface area is 104 Å². The van der Waals surface area contributed by atoms with Crippen molar-refractivity contribution in [2.75, 3.05) is 6.61 Å². The Hall–Kier alpha value is -0.820. The lowest BCUT2D eigenvalue weighted by Crippen LogP contribution is -2.49. The van der Waals surface area contributed by atoms with E-state index < -0.39 is 0 Å². The maximum Gasteiger partial charge on any atom is 0.0683 e. The van der Waals surface area contributed by atoms with Crippen LogP contribution < -0.4 is 0 Å². The van der Waals surface area contributed by atoms with Gasteiger partial charge in [-0.2, -0.15) is 0 Å². The van der Waals surface area contributed by atoms with E-state index >= 15 is 0 Å². The van der Waals surface area contributed by atoms with Gasteiger partial charge in [0.05, 0.1) is 5.60 Å². The summed E-state index contributed by atoms with van der Waals surface area (Å²) in [5.74, 6) is 0. The van der Waals surface area contributed by atoms with Crippen LogP contribution in [0.25, 0.3) is 0 Å². The summed E-state index contributed by atoms with van der Waals surface area (Å²) in [4.78, 5) is 0. The van der Waals surface area contributed by atoms with Crippen molar-refractivity contribution in [3.63, 3.8) is 0 Å². The summed E-state index contributed by atoms with van der Waals surface area (Å²) in [7, 11) is 0. The molecule has 4 rings (SSSR count). The monoisotopic (exact) mass is 230 g/mol. The maximum atomic E-state index is 6.04. The van der Waals surface area contributed by atoms with E-state index in [9.17, 15) is 0 Å². The second-order valence-corrected chi connectivity index (χ2v) is 5.76. The summed E-state index contributed by atoms with van der Waals surface area (Å²) in [6, 6.07) is 11.1. The van der Waals surface area contributed by atoms with Gasteiger partial charge in [0.2, 0.25) is 0 Å². The van der Waals surface area contributed by atoms with Crippen LogP contribution in [0.5, 0.6) is 0 Å². The molecule has 0 radical (unpaired) electrons. The standard InChI is InChI=1S/C16H22O/c1-2-17-16-11-8-15(9-12-16,10-13-16)14-6-4-3-5-7-14/h3-7H,2,8-13H2,1H3. The molecule has 0 N–H and O–H groups in total. The summed E-state index contributed by atoms with van der Waals surface area (Å²) in [5, 5.41) is 0. The normalized spacial score (nSPS) is 36.1. The van der Waals surface area contributed by atoms with Gasteiger partial charge in [0.1, 0.15) is 0 Å². The lowest BCUT2D eigenvalue weighted by molar-refractivity contribution is -0.114. The molecule has 3 aliphatic carbocycles. The average molecular weight is 230 g/mol. The molecule has 1 heteroatoms. The van der Waals surface area contributed by atoms with Crippen LogP contribution in [0.1, 0.15) is 51.0 Å². The fraction of sp³-hybridized carbons (Fsp3) is 0.625. The molecule has 1 nitrogen and oxygen atoms in total. The van der Waals surface area contributed by atoms with Crippen LogP contribution in [0.3, 0.4) is 0 Å². The smallest absolute Gasteiger partial charge is 0.0683 e. The largest absolute Gasteiger partial charge is 0.375 e. The van der Waals surface area contributed by atoms with E-state index in [1.54, 1.807) is 5.56 Å². The van der Waals surface area contributed by atoms with E-state index in [-0.39, 0.29) is 5.60 Å². The SMILES string of the molecule is CCOC12CCC(c3ccccc3)(CC1)CC2. The van der Waals surface area contributed by atoms with Crippen molar-refractivity contribution in [1.29, 1.82) is 0 Å². The van der Waals surface area contributed by atoms with Crippen molar-refractivity contribution in [3.05, 3.63) is 35.9 Å². The fourth-order valence-electron chi connectivity index (χ4n) is 3.90. The molecule has 3 fully saturated rings. The zero-order chi connectivity index (χ0) is 11.8. The minimum absolute atomic E-state index is 0.241. The van der Waals surface area contributed by atoms with Crippen LogP contribution in [-0.2, 0) is 10.2 Å². The predicted octanol–water partition coefficient (Wildman–Crippen LogP) is 4.07. The highest BCUT2D eigenvalue weighted by atomic mass is 16.5. The van der Waals surface area contributed by atoms with Crippen LogP contribution in [0.2, 0.25) is 0 Å². The minimum Gasteiger partial charge on any atom is -0.375 e. The molecule has 1 aromatic rings. The highest BCUT2D eigenvalue weighted by Crippen LogP contribution is 2.54. The zero-order valence-electron chi connectivity index (χ0n) is 10.7. The molecule has 0 spiro atoms. The molecule has 0 heterocycles. The van der Waals surface area contributed by atoms with Crippen molar-refractivity contribution < 1.29 is 4.74 Å². The number of benzene rings is 1. The van der Waals surface area contributed by atoms with E-state index in [1.165, 1.54) is 38.5 Å². The van der Waals surface area contributed by atoms with Gasteiger partial charge >= 0.3 is 0 Å². The third-order valence-electron chi connectivity index (χ3n) is 5.01. The van der Waals surface area contributed by atoms with Crippen molar-refractivity contribution in [2.24, 2.45) is 0 Å². The van der Waals surface area contributed by atoms with Crippen LogP contribution in [0.4, 0.5) is 0 Å². The summed E-state index contributed by atoms with van der Waals surface area (Å²) < 4.78 is 6.04. The molecular formula is C16H22O. The minimum atomic E-state index is 0.241. The van der Waals surface area contributed by atoms with Gasteiger partial charge in [0, 0.05) is 6.61 Å². The van der Waals surface area contributed by atoms with Gasteiger partial charge < -0.3 is 4.74 Å². The molecule has 3 aliphatic rings. The summed E-state index contributed by atoms with van der Waals surface area (Å²) in [6.45, 7) is 3.00. The van der Waals surface area contributed by atoms with Crippen molar-refractivity contribution in [2.45, 2.75) is 56.5 Å². The first-order chi connectivity index (χ1) is 8.29. The van der Waals surface area contributed by atoms with Crippen LogP contribution >= 0.6 is 0 Å². The van der Waals surface area contributed by atoms with E-state index in [2.05, 4.69) is 37.3 Å². The van der Waals surface area contributed by atoms with Crippen LogP contribution in [-0.4, -0.2) is 12.2 Å². The Balaban J connectivity index is 1.82. The van der Waals surface area contributed by atoms with E-state index in [4.69, 9.17) is 4.74 Å². The Bertz CT molecular complexity index is 357. The Morgan fingerprint density at radius 2 is 1.53 bits per heavy atom.